The van der Waals surface area contributed by atoms with E-state index in [1.807, 2.05) is 23.7 Å². The van der Waals surface area contributed by atoms with Gasteiger partial charge in [-0.25, -0.2) is 9.59 Å². The number of thioether (sulfide) groups is 1. The van der Waals surface area contributed by atoms with Crippen LogP contribution in [-0.4, -0.2) is 68.7 Å². The molecule has 0 bridgehead atoms. The predicted octanol–water partition coefficient (Wildman–Crippen LogP) is 1.85. The first-order valence-electron chi connectivity index (χ1n) is 10.2. The second-order valence-electron chi connectivity index (χ2n) is 8.04. The average Bonchev–Trinajstić information content (AvgIpc) is 2.74. The Labute approximate surface area is 193 Å². The van der Waals surface area contributed by atoms with E-state index in [4.69, 9.17) is 9.47 Å². The Kier molecular flexibility index (Phi) is 11.8. The van der Waals surface area contributed by atoms with E-state index in [9.17, 15) is 19.2 Å². The summed E-state index contributed by atoms with van der Waals surface area (Å²) in [4.78, 5) is 48.4. The highest BCUT2D eigenvalue weighted by Crippen LogP contribution is 2.22. The number of carbonyl (C=O) groups excluding carboxylic acids is 4. The molecule has 178 valence electrons. The lowest BCUT2D eigenvalue weighted by Crippen LogP contribution is -2.45. The van der Waals surface area contributed by atoms with Gasteiger partial charge in [-0.3, -0.25) is 14.9 Å². The molecular weight excluding hydrogens is 434 g/mol. The van der Waals surface area contributed by atoms with Gasteiger partial charge in [0.05, 0.1) is 6.61 Å². The molecule has 1 atom stereocenters. The number of amides is 4. The van der Waals surface area contributed by atoms with Gasteiger partial charge in [-0.15, -0.1) is 0 Å². The zero-order valence-corrected chi connectivity index (χ0v) is 20.1. The predicted molar refractivity (Wildman–Crippen MR) is 124 cm³/mol. The molecule has 0 radical (unpaired) electrons. The Hall–Kier alpha value is -2.59. The van der Waals surface area contributed by atoms with Crippen molar-refractivity contribution < 1.29 is 28.7 Å². The van der Waals surface area contributed by atoms with Gasteiger partial charge in [0.15, 0.2) is 6.61 Å². The van der Waals surface area contributed by atoms with Gasteiger partial charge in [0.1, 0.15) is 6.04 Å². The van der Waals surface area contributed by atoms with Crippen LogP contribution >= 0.6 is 11.8 Å². The summed E-state index contributed by atoms with van der Waals surface area (Å²) < 4.78 is 9.80. The summed E-state index contributed by atoms with van der Waals surface area (Å²) in [7, 11) is 1.48. The molecule has 0 unspecified atom stereocenters. The third-order valence-corrected chi connectivity index (χ3v) is 5.05. The lowest BCUT2D eigenvalue weighted by atomic mass is 9.86. The number of benzene rings is 1. The third-order valence-electron chi connectivity index (χ3n) is 4.40. The Morgan fingerprint density at radius 1 is 1.09 bits per heavy atom. The molecule has 0 aliphatic rings. The molecule has 0 fully saturated rings. The van der Waals surface area contributed by atoms with Gasteiger partial charge in [-0.05, 0) is 41.5 Å². The smallest absolute Gasteiger partial charge is 0.329 e. The van der Waals surface area contributed by atoms with Gasteiger partial charge in [-0.1, -0.05) is 32.9 Å². The zero-order chi connectivity index (χ0) is 24.1. The monoisotopic (exact) mass is 467 g/mol. The van der Waals surface area contributed by atoms with E-state index in [-0.39, 0.29) is 12.0 Å². The maximum absolute atomic E-state index is 12.6. The van der Waals surface area contributed by atoms with Gasteiger partial charge in [0.2, 0.25) is 0 Å². The van der Waals surface area contributed by atoms with Crippen LogP contribution in [0.15, 0.2) is 24.3 Å². The minimum atomic E-state index is -0.916. The second kappa shape index (κ2) is 13.7. The summed E-state index contributed by atoms with van der Waals surface area (Å²) in [6.07, 6.45) is 2.22. The molecule has 10 heteroatoms. The fourth-order valence-electron chi connectivity index (χ4n) is 2.56. The molecule has 0 aliphatic carbocycles. The summed E-state index contributed by atoms with van der Waals surface area (Å²) in [5.74, 6) is -1.32. The molecule has 0 spiro atoms. The SMILES string of the molecule is COCCNC(=O)NC(=O)COC(=O)[C@@H](CCSC)NC(=O)c1ccc(C(C)(C)C)cc1. The normalized spacial score (nSPS) is 11.9. The number of rotatable bonds is 11. The molecule has 0 saturated heterocycles. The van der Waals surface area contributed by atoms with Crippen LogP contribution in [0.25, 0.3) is 0 Å². The molecule has 0 heterocycles. The number of urea groups is 1. The van der Waals surface area contributed by atoms with Crippen molar-refractivity contribution >= 4 is 35.6 Å². The number of imide groups is 1. The van der Waals surface area contributed by atoms with E-state index in [0.717, 1.165) is 5.56 Å². The number of methoxy groups -OCH3 is 1. The first-order chi connectivity index (χ1) is 15.1. The maximum atomic E-state index is 12.6. The van der Waals surface area contributed by atoms with Crippen molar-refractivity contribution in [3.8, 4) is 0 Å². The molecule has 0 aliphatic heterocycles. The van der Waals surface area contributed by atoms with Crippen molar-refractivity contribution in [3.05, 3.63) is 35.4 Å². The Morgan fingerprint density at radius 2 is 1.75 bits per heavy atom. The highest BCUT2D eigenvalue weighted by atomic mass is 32.2. The van der Waals surface area contributed by atoms with Gasteiger partial charge in [-0.2, -0.15) is 11.8 Å². The minimum absolute atomic E-state index is 0.0407. The molecular formula is C22H33N3O6S. The topological polar surface area (TPSA) is 123 Å². The highest BCUT2D eigenvalue weighted by Gasteiger charge is 2.24. The van der Waals surface area contributed by atoms with Crippen molar-refractivity contribution in [2.45, 2.75) is 38.6 Å². The Morgan fingerprint density at radius 3 is 2.31 bits per heavy atom. The fourth-order valence-corrected chi connectivity index (χ4v) is 3.03. The van der Waals surface area contributed by atoms with Crippen LogP contribution in [-0.2, 0) is 24.5 Å². The third kappa shape index (κ3) is 10.1. The fraction of sp³-hybridized carbons (Fsp3) is 0.545. The standard InChI is InChI=1S/C22H33N3O6S/c1-22(2,3)16-8-6-15(7-9-16)19(27)24-17(10-13-32-5)20(28)31-14-18(26)25-21(29)23-11-12-30-4/h6-9,17H,10-14H2,1-5H3,(H,24,27)(H2,23,25,26,29)/t17-/m1/s1. The first-order valence-corrected chi connectivity index (χ1v) is 11.6. The van der Waals surface area contributed by atoms with E-state index in [1.165, 1.54) is 18.9 Å². The zero-order valence-electron chi connectivity index (χ0n) is 19.3. The van der Waals surface area contributed by atoms with Crippen LogP contribution in [0.2, 0.25) is 0 Å². The second-order valence-corrected chi connectivity index (χ2v) is 9.03. The lowest BCUT2D eigenvalue weighted by Gasteiger charge is -2.20. The molecule has 3 N–H and O–H groups in total. The van der Waals surface area contributed by atoms with Crippen LogP contribution < -0.4 is 16.0 Å². The molecule has 9 nitrogen and oxygen atoms in total. The Bertz CT molecular complexity index is 777. The number of carbonyl (C=O) groups is 4. The number of nitrogens with one attached hydrogen (secondary N) is 3. The quantitative estimate of drug-likeness (QED) is 0.335. The van der Waals surface area contributed by atoms with Crippen LogP contribution in [0.4, 0.5) is 4.79 Å². The van der Waals surface area contributed by atoms with Crippen molar-refractivity contribution in [2.75, 3.05) is 38.9 Å². The number of hydrogen-bond acceptors (Lipinski definition) is 7. The summed E-state index contributed by atoms with van der Waals surface area (Å²) in [5.41, 5.74) is 1.47. The maximum Gasteiger partial charge on any atom is 0.329 e. The summed E-state index contributed by atoms with van der Waals surface area (Å²) in [6, 6.07) is 5.55. The van der Waals surface area contributed by atoms with Gasteiger partial charge in [0, 0.05) is 19.2 Å². The van der Waals surface area contributed by atoms with E-state index >= 15 is 0 Å². The van der Waals surface area contributed by atoms with Crippen molar-refractivity contribution in [2.24, 2.45) is 0 Å². The first kappa shape index (κ1) is 27.4. The molecule has 32 heavy (non-hydrogen) atoms. The van der Waals surface area contributed by atoms with Crippen LogP contribution in [0.3, 0.4) is 0 Å². The van der Waals surface area contributed by atoms with Crippen molar-refractivity contribution in [3.63, 3.8) is 0 Å². The molecule has 1 aromatic rings. The van der Waals surface area contributed by atoms with Gasteiger partial charge < -0.3 is 20.1 Å². The lowest BCUT2D eigenvalue weighted by molar-refractivity contribution is -0.150. The molecule has 1 aromatic carbocycles. The van der Waals surface area contributed by atoms with Crippen LogP contribution in [0.5, 0.6) is 0 Å². The van der Waals surface area contributed by atoms with Gasteiger partial charge >= 0.3 is 12.0 Å². The highest BCUT2D eigenvalue weighted by molar-refractivity contribution is 7.98. The average molecular weight is 468 g/mol. The summed E-state index contributed by atoms with van der Waals surface area (Å²) in [6.45, 7) is 6.13. The molecule has 1 rings (SSSR count). The van der Waals surface area contributed by atoms with E-state index in [2.05, 4.69) is 31.4 Å². The molecule has 0 aromatic heterocycles. The summed E-state index contributed by atoms with van der Waals surface area (Å²) in [5, 5.41) is 7.13. The largest absolute Gasteiger partial charge is 0.454 e. The minimum Gasteiger partial charge on any atom is -0.454 e. The number of hydrogen-bond donors (Lipinski definition) is 3. The summed E-state index contributed by atoms with van der Waals surface area (Å²) >= 11 is 1.52. The van der Waals surface area contributed by atoms with Crippen LogP contribution in [0, 0.1) is 0 Å². The van der Waals surface area contributed by atoms with Crippen LogP contribution in [0.1, 0.15) is 43.1 Å². The van der Waals surface area contributed by atoms with Crippen molar-refractivity contribution in [1.82, 2.24) is 16.0 Å². The number of esters is 1. The molecule has 4 amide bonds. The Balaban J connectivity index is 2.64. The van der Waals surface area contributed by atoms with E-state index in [1.54, 1.807) is 12.1 Å². The molecule has 0 saturated carbocycles. The van der Waals surface area contributed by atoms with Gasteiger partial charge in [0.25, 0.3) is 11.8 Å². The van der Waals surface area contributed by atoms with Crippen molar-refractivity contribution in [1.29, 1.82) is 0 Å². The van der Waals surface area contributed by atoms with E-state index < -0.39 is 36.5 Å². The van der Waals surface area contributed by atoms with E-state index in [0.29, 0.717) is 24.3 Å². The number of ether oxygens (including phenoxy) is 2.